The molecule has 8 atom stereocenters. The van der Waals surface area contributed by atoms with Crippen molar-refractivity contribution >= 4 is 0 Å². The molecule has 7 heteroatoms. The Balaban J connectivity index is 1.56. The van der Waals surface area contributed by atoms with E-state index in [1.165, 1.54) is 0 Å². The van der Waals surface area contributed by atoms with Gasteiger partial charge in [0.05, 0.1) is 6.61 Å². The molecule has 0 radical (unpaired) electrons. The summed E-state index contributed by atoms with van der Waals surface area (Å²) in [5, 5.41) is 8.91. The minimum absolute atomic E-state index is 0.0511. The molecule has 1 saturated carbocycles. The molecule has 4 heterocycles. The maximum Gasteiger partial charge on any atom is 0.202 e. The molecule has 1 N–H and O–H groups in total. The Labute approximate surface area is 173 Å². The van der Waals surface area contributed by atoms with E-state index in [2.05, 4.69) is 6.92 Å². The lowest BCUT2D eigenvalue weighted by atomic mass is 9.57. The summed E-state index contributed by atoms with van der Waals surface area (Å²) < 4.78 is 33.3. The predicted molar refractivity (Wildman–Crippen MR) is 103 cm³/mol. The molecule has 29 heavy (non-hydrogen) atoms. The molecule has 4 saturated heterocycles. The lowest BCUT2D eigenvalue weighted by Gasteiger charge is -2.62. The fraction of sp³-hybridized carbons (Fsp3) is 1.00. The predicted octanol–water partition coefficient (Wildman–Crippen LogP) is 4.10. The zero-order valence-electron chi connectivity index (χ0n) is 18.0. The summed E-state index contributed by atoms with van der Waals surface area (Å²) in [6.07, 6.45) is 6.49. The van der Waals surface area contributed by atoms with E-state index in [4.69, 9.17) is 29.1 Å². The van der Waals surface area contributed by atoms with Gasteiger partial charge in [-0.05, 0) is 50.9 Å². The zero-order chi connectivity index (χ0) is 20.7. The fourth-order valence-corrected chi connectivity index (χ4v) is 6.15. The molecule has 0 aromatic carbocycles. The van der Waals surface area contributed by atoms with Crippen molar-refractivity contribution in [3.8, 4) is 0 Å². The Hall–Kier alpha value is -0.310. The standard InChI is InChI=1S/C22H37FO6/c1-15-8-9-18-16(2)21(14-23,25-13-7-5-4-6-12-24)27-19-22(18)17(15)10-11-20(3,26-19)28-29-22/h15-19,24H,4-14H2,1-3H3/t15-,16-,17?,18+,19+,20+,21+,22-/m1/s1. The molecule has 0 aromatic rings. The lowest BCUT2D eigenvalue weighted by Crippen LogP contribution is -2.73. The largest absolute Gasteiger partial charge is 0.396 e. The summed E-state index contributed by atoms with van der Waals surface area (Å²) in [5.74, 6) is -1.57. The smallest absolute Gasteiger partial charge is 0.202 e. The van der Waals surface area contributed by atoms with Gasteiger partial charge in [0.2, 0.25) is 11.6 Å². The minimum Gasteiger partial charge on any atom is -0.396 e. The van der Waals surface area contributed by atoms with E-state index >= 15 is 0 Å². The molecule has 5 aliphatic rings. The number of unbranched alkanes of at least 4 members (excludes halogenated alkanes) is 3. The summed E-state index contributed by atoms with van der Waals surface area (Å²) >= 11 is 0. The number of hydrogen-bond acceptors (Lipinski definition) is 6. The van der Waals surface area contributed by atoms with Gasteiger partial charge in [-0.2, -0.15) is 0 Å². The van der Waals surface area contributed by atoms with Gasteiger partial charge >= 0.3 is 0 Å². The molecule has 5 rings (SSSR count). The van der Waals surface area contributed by atoms with Crippen molar-refractivity contribution in [2.45, 2.75) is 95.6 Å². The second-order valence-corrected chi connectivity index (χ2v) is 9.75. The molecular formula is C22H37FO6. The highest BCUT2D eigenvalue weighted by Gasteiger charge is 2.72. The molecule has 168 valence electrons. The van der Waals surface area contributed by atoms with Gasteiger partial charge in [-0.3, -0.25) is 0 Å². The second-order valence-electron chi connectivity index (χ2n) is 9.75. The van der Waals surface area contributed by atoms with Gasteiger partial charge < -0.3 is 19.3 Å². The van der Waals surface area contributed by atoms with Crippen molar-refractivity contribution in [3.05, 3.63) is 0 Å². The highest BCUT2D eigenvalue weighted by Crippen LogP contribution is 2.62. The molecule has 0 amide bonds. The van der Waals surface area contributed by atoms with E-state index < -0.39 is 30.1 Å². The highest BCUT2D eigenvalue weighted by molar-refractivity contribution is 5.11. The van der Waals surface area contributed by atoms with E-state index in [0.29, 0.717) is 12.5 Å². The summed E-state index contributed by atoms with van der Waals surface area (Å²) in [6.45, 7) is 6.09. The number of hydrogen-bond donors (Lipinski definition) is 1. The molecule has 4 aliphatic heterocycles. The van der Waals surface area contributed by atoms with Crippen molar-refractivity contribution in [1.29, 1.82) is 0 Å². The molecule has 0 aromatic heterocycles. The Bertz CT molecular complexity index is 578. The van der Waals surface area contributed by atoms with Crippen LogP contribution in [0.3, 0.4) is 0 Å². The number of rotatable bonds is 8. The van der Waals surface area contributed by atoms with Crippen LogP contribution in [0.5, 0.6) is 0 Å². The van der Waals surface area contributed by atoms with Gasteiger partial charge in [-0.15, -0.1) is 0 Å². The second kappa shape index (κ2) is 8.32. The zero-order valence-corrected chi connectivity index (χ0v) is 18.0. The molecule has 2 bridgehead atoms. The van der Waals surface area contributed by atoms with Crippen molar-refractivity contribution in [1.82, 2.24) is 0 Å². The van der Waals surface area contributed by atoms with Crippen LogP contribution in [0.25, 0.3) is 0 Å². The molecule has 1 aliphatic carbocycles. The summed E-state index contributed by atoms with van der Waals surface area (Å²) in [7, 11) is 0. The topological polar surface area (TPSA) is 66.4 Å². The number of fused-ring (bicyclic) bond motifs is 2. The molecule has 1 unspecified atom stereocenters. The average molecular weight is 417 g/mol. The van der Waals surface area contributed by atoms with Gasteiger partial charge in [0.25, 0.3) is 0 Å². The van der Waals surface area contributed by atoms with Crippen molar-refractivity contribution < 1.29 is 33.5 Å². The van der Waals surface area contributed by atoms with Crippen LogP contribution in [0, 0.1) is 23.7 Å². The quantitative estimate of drug-likeness (QED) is 0.475. The van der Waals surface area contributed by atoms with Crippen LogP contribution in [-0.2, 0) is 24.0 Å². The third kappa shape index (κ3) is 3.56. The SMILES string of the molecule is C[C@@H]1CC[C@H]2[C@@H](C)[C@@](CF)(OCCCCCCO)O[C@@H]3O[C@]4(C)CCC1[C@]32OO4. The third-order valence-corrected chi connectivity index (χ3v) is 7.96. The molecule has 6 nitrogen and oxygen atoms in total. The van der Waals surface area contributed by atoms with Crippen LogP contribution in [0.2, 0.25) is 0 Å². The first kappa shape index (κ1) is 21.9. The summed E-state index contributed by atoms with van der Waals surface area (Å²) in [4.78, 5) is 11.9. The normalized spacial score (nSPS) is 48.9. The molecule has 1 spiro atoms. The Morgan fingerprint density at radius 1 is 1.00 bits per heavy atom. The van der Waals surface area contributed by atoms with E-state index in [1.807, 2.05) is 13.8 Å². The average Bonchev–Trinajstić information content (AvgIpc) is 2.94. The first-order valence-electron chi connectivity index (χ1n) is 11.4. The monoisotopic (exact) mass is 416 g/mol. The van der Waals surface area contributed by atoms with Gasteiger partial charge in [0.15, 0.2) is 11.9 Å². The van der Waals surface area contributed by atoms with E-state index in [9.17, 15) is 4.39 Å². The Morgan fingerprint density at radius 2 is 1.79 bits per heavy atom. The van der Waals surface area contributed by atoms with Gasteiger partial charge in [-0.25, -0.2) is 14.2 Å². The van der Waals surface area contributed by atoms with Crippen LogP contribution in [0.15, 0.2) is 0 Å². The van der Waals surface area contributed by atoms with Gasteiger partial charge in [-0.1, -0.05) is 26.7 Å². The van der Waals surface area contributed by atoms with Crippen LogP contribution in [-0.4, -0.2) is 48.5 Å². The number of alkyl halides is 1. The van der Waals surface area contributed by atoms with E-state index in [0.717, 1.165) is 51.4 Å². The van der Waals surface area contributed by atoms with Crippen LogP contribution < -0.4 is 0 Å². The van der Waals surface area contributed by atoms with Crippen molar-refractivity contribution in [2.24, 2.45) is 23.7 Å². The number of aliphatic hydroxyl groups is 1. The van der Waals surface area contributed by atoms with Crippen molar-refractivity contribution in [3.63, 3.8) is 0 Å². The summed E-state index contributed by atoms with van der Waals surface area (Å²) in [5.41, 5.74) is -0.698. The summed E-state index contributed by atoms with van der Waals surface area (Å²) in [6, 6.07) is 0. The molecule has 5 fully saturated rings. The Morgan fingerprint density at radius 3 is 2.55 bits per heavy atom. The number of halogens is 1. The van der Waals surface area contributed by atoms with Crippen molar-refractivity contribution in [2.75, 3.05) is 19.9 Å². The van der Waals surface area contributed by atoms with Crippen LogP contribution in [0.4, 0.5) is 4.39 Å². The minimum atomic E-state index is -1.31. The first-order chi connectivity index (χ1) is 13.9. The number of ether oxygens (including phenoxy) is 3. The van der Waals surface area contributed by atoms with Crippen LogP contribution >= 0.6 is 0 Å². The fourth-order valence-electron chi connectivity index (χ4n) is 6.15. The van der Waals surface area contributed by atoms with Crippen LogP contribution in [0.1, 0.15) is 72.1 Å². The van der Waals surface area contributed by atoms with Gasteiger partial charge in [0.1, 0.15) is 6.67 Å². The molecular weight excluding hydrogens is 379 g/mol. The third-order valence-electron chi connectivity index (χ3n) is 7.96. The van der Waals surface area contributed by atoms with E-state index in [1.54, 1.807) is 0 Å². The Kier molecular flexibility index (Phi) is 6.28. The van der Waals surface area contributed by atoms with Gasteiger partial charge in [0, 0.05) is 24.9 Å². The number of aliphatic hydroxyl groups excluding tert-OH is 1. The lowest BCUT2D eigenvalue weighted by molar-refractivity contribution is -0.587. The maximum atomic E-state index is 14.5. The first-order valence-corrected chi connectivity index (χ1v) is 11.4. The highest BCUT2D eigenvalue weighted by atomic mass is 19.1. The van der Waals surface area contributed by atoms with E-state index in [-0.39, 0.29) is 24.4 Å². The maximum absolute atomic E-state index is 14.5.